The van der Waals surface area contributed by atoms with Crippen molar-refractivity contribution in [3.63, 3.8) is 0 Å². The van der Waals surface area contributed by atoms with Gasteiger partial charge in [-0.1, -0.05) is 6.07 Å². The zero-order valence-electron chi connectivity index (χ0n) is 12.4. The summed E-state index contributed by atoms with van der Waals surface area (Å²) in [6.07, 6.45) is 4.19. The standard InChI is InChI=1S/C17H20BrNO2/c1-11(2)21-16-4-3-12(9-14(16)18)10-15-17(20)13-5-7-19(15)8-6-13/h3-4,9-11,13H,5-8H2,1-2H3/b15-10-. The highest BCUT2D eigenvalue weighted by Crippen LogP contribution is 2.33. The molecule has 0 unspecified atom stereocenters. The number of ketones is 1. The van der Waals surface area contributed by atoms with Gasteiger partial charge in [-0.3, -0.25) is 4.79 Å². The average Bonchev–Trinajstić information content (AvgIpc) is 2.46. The lowest BCUT2D eigenvalue weighted by molar-refractivity contribution is -0.125. The van der Waals surface area contributed by atoms with Crippen LogP contribution in [0.15, 0.2) is 28.4 Å². The van der Waals surface area contributed by atoms with Crippen LogP contribution < -0.4 is 4.74 Å². The zero-order chi connectivity index (χ0) is 15.0. The zero-order valence-corrected chi connectivity index (χ0v) is 14.0. The summed E-state index contributed by atoms with van der Waals surface area (Å²) < 4.78 is 6.64. The molecule has 112 valence electrons. The minimum atomic E-state index is 0.146. The van der Waals surface area contributed by atoms with Crippen LogP contribution in [-0.4, -0.2) is 29.9 Å². The molecule has 3 aliphatic heterocycles. The van der Waals surface area contributed by atoms with Crippen molar-refractivity contribution >= 4 is 27.8 Å². The number of hydrogen-bond acceptors (Lipinski definition) is 3. The molecule has 1 aromatic carbocycles. The van der Waals surface area contributed by atoms with E-state index in [0.717, 1.165) is 47.4 Å². The van der Waals surface area contributed by atoms with Crippen LogP contribution >= 0.6 is 15.9 Å². The van der Waals surface area contributed by atoms with E-state index in [1.54, 1.807) is 0 Å². The number of benzene rings is 1. The van der Waals surface area contributed by atoms with Gasteiger partial charge in [-0.15, -0.1) is 0 Å². The molecule has 21 heavy (non-hydrogen) atoms. The van der Waals surface area contributed by atoms with Crippen molar-refractivity contribution in [2.24, 2.45) is 5.92 Å². The lowest BCUT2D eigenvalue weighted by Crippen LogP contribution is -2.45. The largest absolute Gasteiger partial charge is 0.490 e. The molecule has 4 rings (SSSR count). The molecule has 0 aromatic heterocycles. The number of carbonyl (C=O) groups excluding carboxylic acids is 1. The summed E-state index contributed by atoms with van der Waals surface area (Å²) in [4.78, 5) is 14.6. The van der Waals surface area contributed by atoms with Crippen molar-refractivity contribution in [3.05, 3.63) is 33.9 Å². The SMILES string of the molecule is CC(C)Oc1ccc(/C=C2/C(=O)C3CCN2CC3)cc1Br. The lowest BCUT2D eigenvalue weighted by atomic mass is 9.84. The molecule has 0 amide bonds. The Kier molecular flexibility index (Phi) is 4.07. The van der Waals surface area contributed by atoms with Crippen molar-refractivity contribution in [1.29, 1.82) is 0 Å². The predicted octanol–water partition coefficient (Wildman–Crippen LogP) is 3.87. The van der Waals surface area contributed by atoms with Crippen LogP contribution in [0.3, 0.4) is 0 Å². The van der Waals surface area contributed by atoms with E-state index in [0.29, 0.717) is 5.78 Å². The molecule has 0 radical (unpaired) electrons. The molecule has 3 heterocycles. The van der Waals surface area contributed by atoms with Crippen LogP contribution in [0.1, 0.15) is 32.3 Å². The lowest BCUT2D eigenvalue weighted by Gasteiger charge is -2.41. The summed E-state index contributed by atoms with van der Waals surface area (Å²) in [5.74, 6) is 1.39. The third-order valence-corrected chi connectivity index (χ3v) is 4.70. The topological polar surface area (TPSA) is 29.5 Å². The van der Waals surface area contributed by atoms with Crippen molar-refractivity contribution in [1.82, 2.24) is 4.90 Å². The number of hydrogen-bond donors (Lipinski definition) is 0. The minimum Gasteiger partial charge on any atom is -0.490 e. The molecule has 0 spiro atoms. The predicted molar refractivity (Wildman–Crippen MR) is 87.2 cm³/mol. The minimum absolute atomic E-state index is 0.146. The summed E-state index contributed by atoms with van der Waals surface area (Å²) in [5, 5.41) is 0. The number of fused-ring (bicyclic) bond motifs is 3. The van der Waals surface area contributed by atoms with Gasteiger partial charge < -0.3 is 9.64 Å². The number of piperidine rings is 3. The number of allylic oxidation sites excluding steroid dienone is 1. The molecule has 0 atom stereocenters. The Balaban J connectivity index is 1.86. The molecule has 3 fully saturated rings. The number of carbonyl (C=O) groups is 1. The Morgan fingerprint density at radius 3 is 2.62 bits per heavy atom. The Bertz CT molecular complexity index is 586. The maximum atomic E-state index is 12.3. The summed E-state index contributed by atoms with van der Waals surface area (Å²) in [7, 11) is 0. The first-order valence-corrected chi connectivity index (χ1v) is 8.31. The molecule has 3 aliphatic rings. The van der Waals surface area contributed by atoms with Crippen molar-refractivity contribution in [3.8, 4) is 5.75 Å². The number of ether oxygens (including phenoxy) is 1. The van der Waals surface area contributed by atoms with Crippen LogP contribution in [0.4, 0.5) is 0 Å². The smallest absolute Gasteiger partial charge is 0.182 e. The van der Waals surface area contributed by atoms with Gasteiger partial charge >= 0.3 is 0 Å². The fourth-order valence-corrected chi connectivity index (χ4v) is 3.51. The molecule has 2 bridgehead atoms. The first-order chi connectivity index (χ1) is 10.0. The molecule has 3 saturated heterocycles. The Labute approximate surface area is 134 Å². The number of nitrogens with zero attached hydrogens (tertiary/aromatic N) is 1. The maximum Gasteiger partial charge on any atom is 0.182 e. The van der Waals surface area contributed by atoms with Crippen LogP contribution in [0, 0.1) is 5.92 Å². The summed E-state index contributed by atoms with van der Waals surface area (Å²) in [5.41, 5.74) is 1.91. The van der Waals surface area contributed by atoms with E-state index < -0.39 is 0 Å². The van der Waals surface area contributed by atoms with Crippen molar-refractivity contribution < 1.29 is 9.53 Å². The van der Waals surface area contributed by atoms with Crippen LogP contribution in [0.5, 0.6) is 5.75 Å². The van der Waals surface area contributed by atoms with Gasteiger partial charge in [-0.2, -0.15) is 0 Å². The van der Waals surface area contributed by atoms with E-state index in [2.05, 4.69) is 20.8 Å². The second kappa shape index (κ2) is 5.84. The van der Waals surface area contributed by atoms with Crippen LogP contribution in [0.25, 0.3) is 6.08 Å². The van der Waals surface area contributed by atoms with Gasteiger partial charge in [0.25, 0.3) is 0 Å². The highest BCUT2D eigenvalue weighted by atomic mass is 79.9. The highest BCUT2D eigenvalue weighted by molar-refractivity contribution is 9.10. The van der Waals surface area contributed by atoms with Crippen LogP contribution in [0.2, 0.25) is 0 Å². The molecule has 0 aliphatic carbocycles. The monoisotopic (exact) mass is 349 g/mol. The maximum absolute atomic E-state index is 12.3. The normalized spacial score (nSPS) is 20.7. The quantitative estimate of drug-likeness (QED) is 0.775. The van der Waals surface area contributed by atoms with Gasteiger partial charge in [0.05, 0.1) is 16.3 Å². The van der Waals surface area contributed by atoms with Crippen molar-refractivity contribution in [2.75, 3.05) is 13.1 Å². The van der Waals surface area contributed by atoms with E-state index >= 15 is 0 Å². The Morgan fingerprint density at radius 2 is 2.05 bits per heavy atom. The number of rotatable bonds is 3. The van der Waals surface area contributed by atoms with E-state index in [4.69, 9.17) is 4.74 Å². The van der Waals surface area contributed by atoms with Crippen molar-refractivity contribution in [2.45, 2.75) is 32.8 Å². The van der Waals surface area contributed by atoms with E-state index in [9.17, 15) is 4.79 Å². The second-order valence-corrected chi connectivity index (χ2v) is 6.87. The van der Waals surface area contributed by atoms with Gasteiger partial charge in [-0.05, 0) is 66.4 Å². The number of halogens is 1. The molecule has 0 saturated carbocycles. The second-order valence-electron chi connectivity index (χ2n) is 6.01. The van der Waals surface area contributed by atoms with Gasteiger partial charge in [0, 0.05) is 19.0 Å². The molecular weight excluding hydrogens is 330 g/mol. The summed E-state index contributed by atoms with van der Waals surface area (Å²) in [6.45, 7) is 6.04. The van der Waals surface area contributed by atoms with E-state index in [-0.39, 0.29) is 12.0 Å². The fourth-order valence-electron chi connectivity index (χ4n) is 3.02. The summed E-state index contributed by atoms with van der Waals surface area (Å²) >= 11 is 3.54. The van der Waals surface area contributed by atoms with Gasteiger partial charge in [0.15, 0.2) is 5.78 Å². The van der Waals surface area contributed by atoms with Gasteiger partial charge in [-0.25, -0.2) is 0 Å². The van der Waals surface area contributed by atoms with E-state index in [1.807, 2.05) is 38.1 Å². The fraction of sp³-hybridized carbons (Fsp3) is 0.471. The molecule has 1 aromatic rings. The van der Waals surface area contributed by atoms with Gasteiger partial charge in [0.2, 0.25) is 0 Å². The molecule has 3 nitrogen and oxygen atoms in total. The third kappa shape index (κ3) is 3.00. The number of Topliss-reactive ketones (excluding diaryl/α,β-unsaturated/α-hetero) is 1. The molecule has 4 heteroatoms. The van der Waals surface area contributed by atoms with E-state index in [1.165, 1.54) is 0 Å². The molecule has 0 N–H and O–H groups in total. The Hall–Kier alpha value is -1.29. The van der Waals surface area contributed by atoms with Crippen LogP contribution in [-0.2, 0) is 4.79 Å². The Morgan fingerprint density at radius 1 is 1.33 bits per heavy atom. The first-order valence-electron chi connectivity index (χ1n) is 7.51. The van der Waals surface area contributed by atoms with Gasteiger partial charge in [0.1, 0.15) is 5.75 Å². The molecular formula is C17H20BrNO2. The third-order valence-electron chi connectivity index (χ3n) is 4.08. The summed E-state index contributed by atoms with van der Waals surface area (Å²) in [6, 6.07) is 5.98. The highest BCUT2D eigenvalue weighted by Gasteiger charge is 2.36. The first kappa shape index (κ1) is 14.6. The average molecular weight is 350 g/mol.